The average molecular weight is 599 g/mol. The summed E-state index contributed by atoms with van der Waals surface area (Å²) in [6, 6.07) is 0. The van der Waals surface area contributed by atoms with Crippen LogP contribution in [0.15, 0.2) is 12.7 Å². The smallest absolute Gasteiger partial charge is 0.220 e. The molecule has 1 saturated heterocycles. The van der Waals surface area contributed by atoms with E-state index in [2.05, 4.69) is 27.2 Å². The van der Waals surface area contributed by atoms with Gasteiger partial charge < -0.3 is 29.9 Å². The van der Waals surface area contributed by atoms with E-state index in [1.165, 1.54) is 77.6 Å². The minimum Gasteiger partial charge on any atom is -0.382 e. The first kappa shape index (κ1) is 32.8. The van der Waals surface area contributed by atoms with E-state index in [4.69, 9.17) is 31.5 Å². The van der Waals surface area contributed by atoms with E-state index < -0.39 is 31.7 Å². The second kappa shape index (κ2) is 18.0. The number of unbranched alkanes of at least 4 members (excludes halogenated alkanes) is 12. The van der Waals surface area contributed by atoms with Crippen LogP contribution in [0.4, 0.5) is 5.82 Å². The SMILES string of the molecule is CCCCCCCCCCCCCCCC(=O)NCC1OC(n2cnc3c(N)ncnc32)C(OC)C1O[PH](O)=S. The molecule has 226 valence electrons. The Kier molecular flexibility index (Phi) is 14.7. The predicted molar refractivity (Wildman–Crippen MR) is 161 cm³/mol. The highest BCUT2D eigenvalue weighted by Gasteiger charge is 2.47. The van der Waals surface area contributed by atoms with Crippen LogP contribution in [0.25, 0.3) is 11.2 Å². The minimum atomic E-state index is -2.47. The molecular weight excluding hydrogens is 551 g/mol. The third kappa shape index (κ3) is 9.99. The van der Waals surface area contributed by atoms with Crippen molar-refractivity contribution in [2.45, 2.75) is 121 Å². The summed E-state index contributed by atoms with van der Waals surface area (Å²) in [5.41, 5.74) is 6.86. The van der Waals surface area contributed by atoms with Gasteiger partial charge in [-0.3, -0.25) is 9.36 Å². The van der Waals surface area contributed by atoms with Gasteiger partial charge in [0.05, 0.1) is 6.33 Å². The van der Waals surface area contributed by atoms with Gasteiger partial charge in [-0.25, -0.2) is 15.0 Å². The van der Waals surface area contributed by atoms with Crippen LogP contribution in [-0.4, -0.2) is 62.3 Å². The van der Waals surface area contributed by atoms with Crippen LogP contribution in [0.1, 0.15) is 103 Å². The molecule has 3 heterocycles. The van der Waals surface area contributed by atoms with Crippen LogP contribution < -0.4 is 11.1 Å². The molecule has 0 aromatic carbocycles. The molecule has 4 N–H and O–H groups in total. The van der Waals surface area contributed by atoms with Crippen molar-refractivity contribution < 1.29 is 23.7 Å². The van der Waals surface area contributed by atoms with Crippen LogP contribution in [0.5, 0.6) is 0 Å². The van der Waals surface area contributed by atoms with Gasteiger partial charge in [-0.15, -0.1) is 0 Å². The van der Waals surface area contributed by atoms with Crippen molar-refractivity contribution in [2.75, 3.05) is 19.4 Å². The highest BCUT2D eigenvalue weighted by molar-refractivity contribution is 8.00. The molecule has 0 saturated carbocycles. The topological polar surface area (TPSA) is 147 Å². The molecule has 13 heteroatoms. The number of hydrogen-bond donors (Lipinski definition) is 3. The summed E-state index contributed by atoms with van der Waals surface area (Å²) in [6.45, 7) is 2.46. The summed E-state index contributed by atoms with van der Waals surface area (Å²) in [7, 11) is -0.935. The largest absolute Gasteiger partial charge is 0.382 e. The fraction of sp³-hybridized carbons (Fsp3) is 0.778. The van der Waals surface area contributed by atoms with Crippen LogP contribution in [0.3, 0.4) is 0 Å². The Morgan fingerprint density at radius 1 is 1.05 bits per heavy atom. The standard InChI is InChI=1S/C27H47N6O5PS/c1-3-4-5-6-7-8-9-10-11-12-13-14-15-16-21(34)29-17-20-23(38-39(35)40)24(36-2)27(37-20)33-19-32-22-25(28)30-18-31-26(22)33/h18-20,23-24,27,39H,3-17H2,1-2H3,(H,29,34)(H,35,40)(H2,28,30,31). The van der Waals surface area contributed by atoms with E-state index in [9.17, 15) is 9.69 Å². The molecule has 0 bridgehead atoms. The molecule has 11 nitrogen and oxygen atoms in total. The van der Waals surface area contributed by atoms with E-state index in [0.717, 1.165) is 19.3 Å². The maximum absolute atomic E-state index is 12.6. The maximum Gasteiger partial charge on any atom is 0.220 e. The van der Waals surface area contributed by atoms with Crippen molar-refractivity contribution in [3.8, 4) is 0 Å². The Bertz CT molecular complexity index is 1060. The Balaban J connectivity index is 1.39. The highest BCUT2D eigenvalue weighted by atomic mass is 32.4. The molecule has 2 aromatic heterocycles. The number of methoxy groups -OCH3 is 1. The highest BCUT2D eigenvalue weighted by Crippen LogP contribution is 2.38. The lowest BCUT2D eigenvalue weighted by Crippen LogP contribution is -2.41. The number of nitrogens with two attached hydrogens (primary N) is 1. The number of nitrogens with zero attached hydrogens (tertiary/aromatic N) is 4. The monoisotopic (exact) mass is 598 g/mol. The van der Waals surface area contributed by atoms with Crippen LogP contribution in [0, 0.1) is 0 Å². The van der Waals surface area contributed by atoms with Gasteiger partial charge in [0.2, 0.25) is 5.91 Å². The van der Waals surface area contributed by atoms with Gasteiger partial charge in [0.25, 0.3) is 0 Å². The van der Waals surface area contributed by atoms with Gasteiger partial charge >= 0.3 is 0 Å². The molecule has 1 fully saturated rings. The number of carbonyl (C=O) groups is 1. The molecule has 40 heavy (non-hydrogen) atoms. The summed E-state index contributed by atoms with van der Waals surface area (Å²) >= 11 is 4.96. The van der Waals surface area contributed by atoms with Gasteiger partial charge in [0.1, 0.15) is 30.2 Å². The van der Waals surface area contributed by atoms with E-state index in [1.807, 2.05) is 0 Å². The average Bonchev–Trinajstić information content (AvgIpc) is 3.51. The molecule has 1 aliphatic rings. The Hall–Kier alpha value is -1.69. The first-order valence-corrected chi connectivity index (χ1v) is 17.2. The first-order valence-electron chi connectivity index (χ1n) is 14.7. The molecule has 5 unspecified atom stereocenters. The molecule has 1 amide bonds. The number of aromatic nitrogens is 4. The van der Waals surface area contributed by atoms with Gasteiger partial charge in [-0.2, -0.15) is 0 Å². The zero-order chi connectivity index (χ0) is 28.7. The van der Waals surface area contributed by atoms with E-state index >= 15 is 0 Å². The molecule has 1 aliphatic heterocycles. The molecule has 0 spiro atoms. The van der Waals surface area contributed by atoms with E-state index in [0.29, 0.717) is 17.6 Å². The Labute approximate surface area is 243 Å². The lowest BCUT2D eigenvalue weighted by molar-refractivity contribution is -0.122. The predicted octanol–water partition coefficient (Wildman–Crippen LogP) is 4.80. The summed E-state index contributed by atoms with van der Waals surface area (Å²) in [6.07, 6.45) is 17.2. The Morgan fingerprint density at radius 2 is 1.68 bits per heavy atom. The third-order valence-electron chi connectivity index (χ3n) is 7.46. The fourth-order valence-corrected chi connectivity index (χ4v) is 6.12. The number of nitrogen functional groups attached to an aromatic ring is 1. The Morgan fingerprint density at radius 3 is 2.27 bits per heavy atom. The van der Waals surface area contributed by atoms with Crippen molar-refractivity contribution in [3.05, 3.63) is 12.7 Å². The molecule has 0 aliphatic carbocycles. The molecular formula is C27H47N6O5PS. The lowest BCUT2D eigenvalue weighted by Gasteiger charge is -2.23. The zero-order valence-corrected chi connectivity index (χ0v) is 25.7. The van der Waals surface area contributed by atoms with E-state index in [-0.39, 0.29) is 18.3 Å². The summed E-state index contributed by atoms with van der Waals surface area (Å²) in [5.74, 6) is 0.219. The van der Waals surface area contributed by atoms with Crippen molar-refractivity contribution in [1.29, 1.82) is 0 Å². The fourth-order valence-electron chi connectivity index (χ4n) is 5.27. The second-order valence-corrected chi connectivity index (χ2v) is 12.3. The van der Waals surface area contributed by atoms with E-state index in [1.54, 1.807) is 10.9 Å². The molecule has 5 atom stereocenters. The van der Waals surface area contributed by atoms with Crippen molar-refractivity contribution in [2.24, 2.45) is 0 Å². The number of hydrogen-bond acceptors (Lipinski definition) is 9. The summed E-state index contributed by atoms with van der Waals surface area (Å²) in [4.78, 5) is 35.0. The number of ether oxygens (including phenoxy) is 2. The van der Waals surface area contributed by atoms with Crippen LogP contribution in [-0.2, 0) is 30.6 Å². The number of fused-ring (bicyclic) bond motifs is 1. The third-order valence-corrected chi connectivity index (χ3v) is 8.23. The molecule has 2 aromatic rings. The minimum absolute atomic E-state index is 0.0377. The number of nitrogens with one attached hydrogen (secondary N) is 1. The number of anilines is 1. The first-order chi connectivity index (χ1) is 19.5. The summed E-state index contributed by atoms with van der Waals surface area (Å²) < 4.78 is 19.3. The van der Waals surface area contributed by atoms with Crippen molar-refractivity contribution in [3.63, 3.8) is 0 Å². The van der Waals surface area contributed by atoms with Crippen molar-refractivity contribution in [1.82, 2.24) is 24.8 Å². The number of amides is 1. The summed E-state index contributed by atoms with van der Waals surface area (Å²) in [5, 5.41) is 2.95. The number of carbonyl (C=O) groups excluding carboxylic acids is 1. The molecule has 3 rings (SSSR count). The van der Waals surface area contributed by atoms with Crippen LogP contribution in [0.2, 0.25) is 0 Å². The number of rotatable bonds is 20. The second-order valence-electron chi connectivity index (χ2n) is 10.5. The van der Waals surface area contributed by atoms with Crippen LogP contribution >= 0.6 is 7.15 Å². The quantitative estimate of drug-likeness (QED) is 0.143. The zero-order valence-electron chi connectivity index (χ0n) is 23.9. The van der Waals surface area contributed by atoms with Gasteiger partial charge in [-0.05, 0) is 18.2 Å². The molecule has 0 radical (unpaired) electrons. The number of imidazole rings is 1. The van der Waals surface area contributed by atoms with Crippen molar-refractivity contribution >= 4 is 41.8 Å². The van der Waals surface area contributed by atoms with Gasteiger partial charge in [-0.1, -0.05) is 84.0 Å². The normalized spacial score (nSPS) is 21.7. The van der Waals surface area contributed by atoms with Gasteiger partial charge in [0, 0.05) is 20.1 Å². The lowest BCUT2D eigenvalue weighted by atomic mass is 10.0. The maximum atomic E-state index is 12.6. The van der Waals surface area contributed by atoms with Gasteiger partial charge in [0.15, 0.2) is 24.8 Å².